The first kappa shape index (κ1) is 16.2. The van der Waals surface area contributed by atoms with Crippen LogP contribution in [0, 0.1) is 0 Å². The number of hydrogen-bond acceptors (Lipinski definition) is 2. The van der Waals surface area contributed by atoms with Crippen LogP contribution in [-0.2, 0) is 6.42 Å². The molecule has 0 saturated carbocycles. The van der Waals surface area contributed by atoms with Crippen LogP contribution in [0.3, 0.4) is 0 Å². The number of nitrogens with two attached hydrogens (primary N) is 1. The molecule has 2 aromatic carbocycles. The van der Waals surface area contributed by atoms with E-state index < -0.39 is 0 Å². The van der Waals surface area contributed by atoms with Gasteiger partial charge in [-0.3, -0.25) is 0 Å². The summed E-state index contributed by atoms with van der Waals surface area (Å²) < 4.78 is 5.70. The molecule has 1 atom stereocenters. The molecule has 1 unspecified atom stereocenters. The van der Waals surface area contributed by atoms with Gasteiger partial charge < -0.3 is 10.5 Å². The van der Waals surface area contributed by atoms with Crippen LogP contribution in [0.15, 0.2) is 42.5 Å². The van der Waals surface area contributed by atoms with Gasteiger partial charge in [0, 0.05) is 16.0 Å². The molecule has 0 radical (unpaired) electrons. The summed E-state index contributed by atoms with van der Waals surface area (Å²) in [6.45, 7) is 3.14. The first-order chi connectivity index (χ1) is 10.2. The highest BCUT2D eigenvalue weighted by Crippen LogP contribution is 2.31. The van der Waals surface area contributed by atoms with Crippen LogP contribution in [0.5, 0.6) is 5.75 Å². The lowest BCUT2D eigenvalue weighted by molar-refractivity contribution is 0.334. The van der Waals surface area contributed by atoms with E-state index in [1.165, 1.54) is 0 Å². The Morgan fingerprint density at radius 1 is 1.14 bits per heavy atom. The molecule has 0 bridgehead atoms. The van der Waals surface area contributed by atoms with Gasteiger partial charge in [0.25, 0.3) is 0 Å². The Labute approximate surface area is 135 Å². The van der Waals surface area contributed by atoms with Gasteiger partial charge in [-0.15, -0.1) is 0 Å². The molecule has 0 aromatic heterocycles. The zero-order valence-corrected chi connectivity index (χ0v) is 13.5. The van der Waals surface area contributed by atoms with Crippen molar-refractivity contribution in [3.63, 3.8) is 0 Å². The Morgan fingerprint density at radius 2 is 1.90 bits per heavy atom. The Hall–Kier alpha value is -1.22. The van der Waals surface area contributed by atoms with Gasteiger partial charge in [0.05, 0.1) is 6.61 Å². The van der Waals surface area contributed by atoms with Crippen molar-refractivity contribution in [1.29, 1.82) is 0 Å². The van der Waals surface area contributed by atoms with Gasteiger partial charge in [-0.05, 0) is 49.2 Å². The molecule has 0 amide bonds. The Balaban J connectivity index is 2.27. The second-order valence-corrected chi connectivity index (χ2v) is 5.69. The van der Waals surface area contributed by atoms with E-state index in [0.29, 0.717) is 23.2 Å². The summed E-state index contributed by atoms with van der Waals surface area (Å²) in [6, 6.07) is 13.6. The van der Waals surface area contributed by atoms with Gasteiger partial charge in [-0.25, -0.2) is 0 Å². The van der Waals surface area contributed by atoms with E-state index in [9.17, 15) is 0 Å². The maximum absolute atomic E-state index is 6.26. The molecule has 4 heteroatoms. The third-order valence-electron chi connectivity index (χ3n) is 3.42. The maximum Gasteiger partial charge on any atom is 0.122 e. The van der Waals surface area contributed by atoms with Crippen molar-refractivity contribution >= 4 is 23.2 Å². The molecule has 2 N–H and O–H groups in total. The molecular formula is C17H19Cl2NO. The fourth-order valence-electron chi connectivity index (χ4n) is 2.38. The van der Waals surface area contributed by atoms with E-state index in [0.717, 1.165) is 23.3 Å². The van der Waals surface area contributed by atoms with E-state index in [4.69, 9.17) is 33.7 Å². The molecule has 0 aliphatic heterocycles. The van der Waals surface area contributed by atoms with Crippen molar-refractivity contribution in [2.24, 2.45) is 5.73 Å². The number of benzene rings is 2. The third-order valence-corrected chi connectivity index (χ3v) is 4.01. The predicted molar refractivity (Wildman–Crippen MR) is 89.6 cm³/mol. The van der Waals surface area contributed by atoms with Gasteiger partial charge in [0.15, 0.2) is 0 Å². The highest BCUT2D eigenvalue weighted by atomic mass is 35.5. The number of para-hydroxylation sites is 1. The van der Waals surface area contributed by atoms with Crippen molar-refractivity contribution in [2.75, 3.05) is 13.2 Å². The zero-order chi connectivity index (χ0) is 15.2. The van der Waals surface area contributed by atoms with Gasteiger partial charge in [-0.1, -0.05) is 47.5 Å². The standard InChI is InChI=1S/C17H19Cl2NO/c1-2-21-17-6-4-3-5-15(17)13(11-20)9-12-7-8-14(18)10-16(12)19/h3-8,10,13H,2,9,11,20H2,1H3. The molecule has 112 valence electrons. The minimum Gasteiger partial charge on any atom is -0.494 e. The van der Waals surface area contributed by atoms with Crippen molar-refractivity contribution in [1.82, 2.24) is 0 Å². The number of hydrogen-bond donors (Lipinski definition) is 1. The molecule has 0 aliphatic carbocycles. The van der Waals surface area contributed by atoms with Crippen LogP contribution >= 0.6 is 23.2 Å². The maximum atomic E-state index is 6.26. The molecule has 2 aromatic rings. The van der Waals surface area contributed by atoms with Crippen LogP contribution in [0.2, 0.25) is 10.0 Å². The van der Waals surface area contributed by atoms with Crippen LogP contribution in [0.4, 0.5) is 0 Å². The zero-order valence-electron chi connectivity index (χ0n) is 12.0. The predicted octanol–water partition coefficient (Wildman–Crippen LogP) is 4.68. The summed E-state index contributed by atoms with van der Waals surface area (Å²) in [5, 5.41) is 1.32. The number of rotatable bonds is 6. The molecule has 0 aliphatic rings. The average Bonchev–Trinajstić information content (AvgIpc) is 2.48. The minimum absolute atomic E-state index is 0.159. The van der Waals surface area contributed by atoms with Gasteiger partial charge in [-0.2, -0.15) is 0 Å². The summed E-state index contributed by atoms with van der Waals surface area (Å²) in [5.41, 5.74) is 8.14. The largest absolute Gasteiger partial charge is 0.494 e. The third kappa shape index (κ3) is 4.13. The molecule has 0 fully saturated rings. The lowest BCUT2D eigenvalue weighted by Gasteiger charge is -2.19. The first-order valence-electron chi connectivity index (χ1n) is 7.01. The topological polar surface area (TPSA) is 35.2 Å². The van der Waals surface area contributed by atoms with Crippen LogP contribution in [0.1, 0.15) is 24.0 Å². The van der Waals surface area contributed by atoms with E-state index >= 15 is 0 Å². The molecule has 21 heavy (non-hydrogen) atoms. The normalized spacial score (nSPS) is 12.2. The molecular weight excluding hydrogens is 305 g/mol. The van der Waals surface area contributed by atoms with E-state index in [1.807, 2.05) is 37.3 Å². The van der Waals surface area contributed by atoms with Gasteiger partial charge >= 0.3 is 0 Å². The highest BCUT2D eigenvalue weighted by molar-refractivity contribution is 6.35. The van der Waals surface area contributed by atoms with Crippen molar-refractivity contribution < 1.29 is 4.74 Å². The SMILES string of the molecule is CCOc1ccccc1C(CN)Cc1ccc(Cl)cc1Cl. The Kier molecular flexibility index (Phi) is 5.92. The van der Waals surface area contributed by atoms with Crippen molar-refractivity contribution in [3.05, 3.63) is 63.6 Å². The molecule has 0 saturated heterocycles. The summed E-state index contributed by atoms with van der Waals surface area (Å²) in [7, 11) is 0. The van der Waals surface area contributed by atoms with E-state index in [1.54, 1.807) is 6.07 Å². The first-order valence-corrected chi connectivity index (χ1v) is 7.77. The number of ether oxygens (including phenoxy) is 1. The lowest BCUT2D eigenvalue weighted by Crippen LogP contribution is -2.16. The molecule has 0 heterocycles. The monoisotopic (exact) mass is 323 g/mol. The van der Waals surface area contributed by atoms with E-state index in [2.05, 4.69) is 6.07 Å². The fraction of sp³-hybridized carbons (Fsp3) is 0.294. The number of halogens is 2. The lowest BCUT2D eigenvalue weighted by atomic mass is 9.91. The fourth-order valence-corrected chi connectivity index (χ4v) is 2.86. The quantitative estimate of drug-likeness (QED) is 0.837. The van der Waals surface area contributed by atoms with Crippen LogP contribution in [0.25, 0.3) is 0 Å². The summed E-state index contributed by atoms with van der Waals surface area (Å²) in [4.78, 5) is 0. The van der Waals surface area contributed by atoms with Crippen molar-refractivity contribution in [3.8, 4) is 5.75 Å². The highest BCUT2D eigenvalue weighted by Gasteiger charge is 2.16. The molecule has 2 rings (SSSR count). The van der Waals surface area contributed by atoms with Crippen molar-refractivity contribution in [2.45, 2.75) is 19.3 Å². The Morgan fingerprint density at radius 3 is 2.57 bits per heavy atom. The average molecular weight is 324 g/mol. The summed E-state index contributed by atoms with van der Waals surface area (Å²) >= 11 is 12.2. The smallest absolute Gasteiger partial charge is 0.122 e. The van der Waals surface area contributed by atoms with E-state index in [-0.39, 0.29) is 5.92 Å². The Bertz CT molecular complexity index is 601. The summed E-state index contributed by atoms with van der Waals surface area (Å²) in [6.07, 6.45) is 0.761. The van der Waals surface area contributed by atoms with Gasteiger partial charge in [0.2, 0.25) is 0 Å². The summed E-state index contributed by atoms with van der Waals surface area (Å²) in [5.74, 6) is 1.05. The minimum atomic E-state index is 0.159. The van der Waals surface area contributed by atoms with Crippen LogP contribution < -0.4 is 10.5 Å². The van der Waals surface area contributed by atoms with Crippen LogP contribution in [-0.4, -0.2) is 13.2 Å². The second-order valence-electron chi connectivity index (χ2n) is 4.84. The van der Waals surface area contributed by atoms with Gasteiger partial charge in [0.1, 0.15) is 5.75 Å². The second kappa shape index (κ2) is 7.69. The molecule has 2 nitrogen and oxygen atoms in total. The molecule has 0 spiro atoms.